The van der Waals surface area contributed by atoms with Crippen molar-refractivity contribution in [2.24, 2.45) is 0 Å². The molecule has 0 radical (unpaired) electrons. The number of fused-ring (bicyclic) bond motifs is 1. The minimum atomic E-state index is -0.460. The molecule has 0 bridgehead atoms. The second-order valence-electron chi connectivity index (χ2n) is 6.08. The Labute approximate surface area is 161 Å². The van der Waals surface area contributed by atoms with Gasteiger partial charge >= 0.3 is 5.63 Å². The summed E-state index contributed by atoms with van der Waals surface area (Å²) in [5.41, 5.74) is 1.67. The smallest absolute Gasteiger partial charge is 0.336 e. The maximum atomic E-state index is 12.0. The molecule has 0 aliphatic heterocycles. The molecule has 0 fully saturated rings. The molecule has 1 aromatic heterocycles. The highest BCUT2D eigenvalue weighted by Gasteiger charge is 2.09. The lowest BCUT2D eigenvalue weighted by atomic mass is 10.1. The molecule has 1 heterocycles. The van der Waals surface area contributed by atoms with Gasteiger partial charge in [0.25, 0.3) is 5.91 Å². The van der Waals surface area contributed by atoms with Crippen LogP contribution >= 0.6 is 0 Å². The molecule has 3 rings (SSSR count). The van der Waals surface area contributed by atoms with Crippen molar-refractivity contribution in [2.75, 3.05) is 18.5 Å². The molecule has 0 atom stereocenters. The monoisotopic (exact) mass is 380 g/mol. The Bertz CT molecular complexity index is 1060. The number of rotatable bonds is 7. The number of benzene rings is 2. The summed E-state index contributed by atoms with van der Waals surface area (Å²) in [6.07, 6.45) is 0.794. The molecule has 2 N–H and O–H groups in total. The third-order valence-corrected chi connectivity index (χ3v) is 4.08. The largest absolute Gasteiger partial charge is 0.484 e. The molecule has 0 unspecified atom stereocenters. The summed E-state index contributed by atoms with van der Waals surface area (Å²) in [6.45, 7) is 1.58. The van der Waals surface area contributed by atoms with Gasteiger partial charge in [0, 0.05) is 23.2 Å². The predicted molar refractivity (Wildman–Crippen MR) is 105 cm³/mol. The van der Waals surface area contributed by atoms with Gasteiger partial charge in [0.1, 0.15) is 11.3 Å². The number of hydrogen-bond acceptors (Lipinski definition) is 5. The number of ether oxygens (including phenoxy) is 1. The number of nitrogens with one attached hydrogen (secondary N) is 2. The second-order valence-corrected chi connectivity index (χ2v) is 6.08. The van der Waals surface area contributed by atoms with E-state index < -0.39 is 11.5 Å². The summed E-state index contributed by atoms with van der Waals surface area (Å²) in [5.74, 6) is -0.367. The molecule has 28 heavy (non-hydrogen) atoms. The third kappa shape index (κ3) is 4.97. The molecule has 7 heteroatoms. The number of aryl methyl sites for hydroxylation is 1. The lowest BCUT2D eigenvalue weighted by Gasteiger charge is -2.11. The van der Waals surface area contributed by atoms with Crippen molar-refractivity contribution in [2.45, 2.75) is 13.3 Å². The molecule has 2 aromatic carbocycles. The van der Waals surface area contributed by atoms with Gasteiger partial charge in [0.15, 0.2) is 6.61 Å². The minimum Gasteiger partial charge on any atom is -0.484 e. The van der Waals surface area contributed by atoms with Crippen molar-refractivity contribution < 1.29 is 18.7 Å². The van der Waals surface area contributed by atoms with E-state index in [1.807, 2.05) is 31.2 Å². The van der Waals surface area contributed by atoms with E-state index >= 15 is 0 Å². The fourth-order valence-corrected chi connectivity index (χ4v) is 2.65. The third-order valence-electron chi connectivity index (χ3n) is 4.08. The van der Waals surface area contributed by atoms with E-state index in [2.05, 4.69) is 10.6 Å². The van der Waals surface area contributed by atoms with Crippen LogP contribution in [0.5, 0.6) is 5.75 Å². The highest BCUT2D eigenvalue weighted by atomic mass is 16.5. The van der Waals surface area contributed by atoms with E-state index in [1.54, 1.807) is 24.3 Å². The molecule has 0 spiro atoms. The van der Waals surface area contributed by atoms with Gasteiger partial charge in [-0.25, -0.2) is 4.79 Å². The minimum absolute atomic E-state index is 0.160. The van der Waals surface area contributed by atoms with Gasteiger partial charge in [0.2, 0.25) is 5.91 Å². The zero-order chi connectivity index (χ0) is 19.9. The summed E-state index contributed by atoms with van der Waals surface area (Å²) in [4.78, 5) is 35.2. The first kappa shape index (κ1) is 19.2. The summed E-state index contributed by atoms with van der Waals surface area (Å²) in [6, 6.07) is 15.4. The van der Waals surface area contributed by atoms with E-state index in [0.29, 0.717) is 11.3 Å². The van der Waals surface area contributed by atoms with E-state index in [4.69, 9.17) is 9.15 Å². The first-order valence-electron chi connectivity index (χ1n) is 8.86. The van der Waals surface area contributed by atoms with Crippen LogP contribution < -0.4 is 21.0 Å². The number of hydrogen-bond donors (Lipinski definition) is 2. The fraction of sp³-hybridized carbons (Fsp3) is 0.190. The van der Waals surface area contributed by atoms with Crippen LogP contribution in [0.25, 0.3) is 11.0 Å². The molecular weight excluding hydrogens is 360 g/mol. The Kier molecular flexibility index (Phi) is 6.06. The molecular formula is C21H20N2O5. The van der Waals surface area contributed by atoms with Crippen molar-refractivity contribution >= 4 is 28.5 Å². The zero-order valence-electron chi connectivity index (χ0n) is 15.4. The molecule has 144 valence electrons. The molecule has 7 nitrogen and oxygen atoms in total. The zero-order valence-corrected chi connectivity index (χ0v) is 15.4. The Balaban J connectivity index is 1.49. The van der Waals surface area contributed by atoms with Crippen LogP contribution in [-0.4, -0.2) is 25.0 Å². The number of amides is 2. The standard InChI is InChI=1S/C21H20N2O5/c1-2-14-5-3-4-6-17(14)23-19(24)12-22-20(25)13-27-16-9-7-15-8-10-21(26)28-18(15)11-16/h3-11H,2,12-13H2,1H3,(H,22,25)(H,23,24). The highest BCUT2D eigenvalue weighted by molar-refractivity contribution is 5.95. The first-order chi connectivity index (χ1) is 13.5. The molecule has 3 aromatic rings. The van der Waals surface area contributed by atoms with Crippen molar-refractivity contribution in [1.29, 1.82) is 0 Å². The summed E-state index contributed by atoms with van der Waals surface area (Å²) in [7, 11) is 0. The van der Waals surface area contributed by atoms with E-state index in [0.717, 1.165) is 23.1 Å². The van der Waals surface area contributed by atoms with Crippen LogP contribution in [0, 0.1) is 0 Å². The topological polar surface area (TPSA) is 97.6 Å². The van der Waals surface area contributed by atoms with E-state index in [9.17, 15) is 14.4 Å². The highest BCUT2D eigenvalue weighted by Crippen LogP contribution is 2.19. The summed E-state index contributed by atoms with van der Waals surface area (Å²) >= 11 is 0. The van der Waals surface area contributed by atoms with E-state index in [1.165, 1.54) is 6.07 Å². The predicted octanol–water partition coefficient (Wildman–Crippen LogP) is 2.49. The maximum absolute atomic E-state index is 12.0. The lowest BCUT2D eigenvalue weighted by Crippen LogP contribution is -2.35. The van der Waals surface area contributed by atoms with Gasteiger partial charge in [-0.05, 0) is 36.2 Å². The van der Waals surface area contributed by atoms with Gasteiger partial charge < -0.3 is 19.8 Å². The van der Waals surface area contributed by atoms with Crippen LogP contribution in [0.4, 0.5) is 5.69 Å². The molecule has 0 aliphatic rings. The number of anilines is 1. The molecule has 2 amide bonds. The van der Waals surface area contributed by atoms with Crippen molar-refractivity contribution in [3.63, 3.8) is 0 Å². The lowest BCUT2D eigenvalue weighted by molar-refractivity contribution is -0.125. The number of para-hydroxylation sites is 1. The van der Waals surface area contributed by atoms with Gasteiger partial charge in [0.05, 0.1) is 6.54 Å². The van der Waals surface area contributed by atoms with Gasteiger partial charge in [-0.15, -0.1) is 0 Å². The Hall–Kier alpha value is -3.61. The van der Waals surface area contributed by atoms with Crippen LogP contribution in [0.1, 0.15) is 12.5 Å². The van der Waals surface area contributed by atoms with Crippen molar-refractivity contribution in [1.82, 2.24) is 5.32 Å². The average Bonchev–Trinajstić information content (AvgIpc) is 2.70. The normalized spacial score (nSPS) is 10.5. The number of carbonyl (C=O) groups is 2. The Morgan fingerprint density at radius 2 is 1.82 bits per heavy atom. The second kappa shape index (κ2) is 8.85. The van der Waals surface area contributed by atoms with Gasteiger partial charge in [-0.1, -0.05) is 25.1 Å². The average molecular weight is 380 g/mol. The fourth-order valence-electron chi connectivity index (χ4n) is 2.65. The van der Waals surface area contributed by atoms with Crippen LogP contribution in [0.15, 0.2) is 63.8 Å². The summed E-state index contributed by atoms with van der Waals surface area (Å²) < 4.78 is 10.5. The van der Waals surface area contributed by atoms with Gasteiger partial charge in [-0.2, -0.15) is 0 Å². The van der Waals surface area contributed by atoms with Crippen LogP contribution in [-0.2, 0) is 16.0 Å². The summed E-state index contributed by atoms with van der Waals surface area (Å²) in [5, 5.41) is 6.04. The van der Waals surface area contributed by atoms with Gasteiger partial charge in [-0.3, -0.25) is 9.59 Å². The maximum Gasteiger partial charge on any atom is 0.336 e. The number of carbonyl (C=O) groups excluding carboxylic acids is 2. The molecule has 0 aliphatic carbocycles. The van der Waals surface area contributed by atoms with E-state index in [-0.39, 0.29) is 19.1 Å². The van der Waals surface area contributed by atoms with Crippen molar-refractivity contribution in [3.05, 3.63) is 70.6 Å². The molecule has 0 saturated carbocycles. The Morgan fingerprint density at radius 1 is 1.04 bits per heavy atom. The quantitative estimate of drug-likeness (QED) is 0.614. The van der Waals surface area contributed by atoms with Crippen molar-refractivity contribution in [3.8, 4) is 5.75 Å². The SMILES string of the molecule is CCc1ccccc1NC(=O)CNC(=O)COc1ccc2ccc(=O)oc2c1. The van der Waals surface area contributed by atoms with Crippen LogP contribution in [0.3, 0.4) is 0 Å². The molecule has 0 saturated heterocycles. The van der Waals surface area contributed by atoms with Crippen LogP contribution in [0.2, 0.25) is 0 Å². The Morgan fingerprint density at radius 3 is 2.64 bits per heavy atom. The first-order valence-corrected chi connectivity index (χ1v) is 8.86.